The van der Waals surface area contributed by atoms with E-state index in [1.54, 1.807) is 0 Å². The molecule has 2 heterocycles. The van der Waals surface area contributed by atoms with E-state index in [1.165, 1.54) is 47.9 Å². The van der Waals surface area contributed by atoms with Gasteiger partial charge in [0.15, 0.2) is 0 Å². The standard InChI is InChI=1S/C31H29BOS/c1-30(2)20-32(33-31(30,3)4)27-17-11-16-24-26-19-23(21-12-7-5-8-13-21)18-25(28(26)34-29(24)27)22-14-9-6-10-15-22/h5-19H,20H2,1-4H3. The summed E-state index contributed by atoms with van der Waals surface area (Å²) in [5.74, 6) is 0. The molecule has 6 rings (SSSR count). The molecule has 0 unspecified atom stereocenters. The highest BCUT2D eigenvalue weighted by Gasteiger charge is 2.50. The largest absolute Gasteiger partial charge is 0.425 e. The number of benzene rings is 4. The van der Waals surface area contributed by atoms with Gasteiger partial charge in [0.2, 0.25) is 0 Å². The van der Waals surface area contributed by atoms with Crippen LogP contribution in [0.2, 0.25) is 6.32 Å². The zero-order valence-corrected chi connectivity index (χ0v) is 21.1. The Bertz CT molecular complexity index is 1480. The second kappa shape index (κ2) is 7.83. The van der Waals surface area contributed by atoms with Gasteiger partial charge in [0.05, 0.1) is 5.60 Å². The Morgan fingerprint density at radius 1 is 0.676 bits per heavy atom. The molecule has 0 bridgehead atoms. The molecule has 0 atom stereocenters. The average molecular weight is 460 g/mol. The van der Waals surface area contributed by atoms with Crippen molar-refractivity contribution in [1.29, 1.82) is 0 Å². The van der Waals surface area contributed by atoms with Gasteiger partial charge in [-0.1, -0.05) is 92.7 Å². The lowest BCUT2D eigenvalue weighted by atomic mass is 9.54. The van der Waals surface area contributed by atoms with Crippen molar-refractivity contribution >= 4 is 43.9 Å². The van der Waals surface area contributed by atoms with Crippen molar-refractivity contribution in [3.63, 3.8) is 0 Å². The second-order valence-corrected chi connectivity index (χ2v) is 11.7. The summed E-state index contributed by atoms with van der Waals surface area (Å²) in [5.41, 5.74) is 6.39. The van der Waals surface area contributed by atoms with Gasteiger partial charge >= 0.3 is 6.92 Å². The number of hydrogen-bond donors (Lipinski definition) is 0. The summed E-state index contributed by atoms with van der Waals surface area (Å²) < 4.78 is 9.38. The van der Waals surface area contributed by atoms with E-state index in [-0.39, 0.29) is 17.9 Å². The van der Waals surface area contributed by atoms with Gasteiger partial charge in [-0.15, -0.1) is 11.3 Å². The Hall–Kier alpha value is -2.88. The maximum atomic E-state index is 6.67. The fourth-order valence-electron chi connectivity index (χ4n) is 5.24. The molecule has 0 N–H and O–H groups in total. The number of hydrogen-bond acceptors (Lipinski definition) is 2. The first kappa shape index (κ1) is 21.6. The topological polar surface area (TPSA) is 9.23 Å². The minimum absolute atomic E-state index is 0.121. The molecular formula is C31H29BOS. The van der Waals surface area contributed by atoms with Gasteiger partial charge in [-0.25, -0.2) is 0 Å². The van der Waals surface area contributed by atoms with E-state index in [0.29, 0.717) is 0 Å². The van der Waals surface area contributed by atoms with E-state index in [1.807, 2.05) is 11.3 Å². The van der Waals surface area contributed by atoms with Crippen LogP contribution >= 0.6 is 11.3 Å². The summed E-state index contributed by atoms with van der Waals surface area (Å²) >= 11 is 1.92. The SMILES string of the molecule is CC1(C)CB(c2cccc3c2sc2c(-c4ccccc4)cc(-c4ccccc4)cc23)OC1(C)C. The van der Waals surface area contributed by atoms with E-state index in [4.69, 9.17) is 4.65 Å². The van der Waals surface area contributed by atoms with Crippen LogP contribution in [0, 0.1) is 5.41 Å². The predicted molar refractivity (Wildman–Crippen MR) is 149 cm³/mol. The van der Waals surface area contributed by atoms with Gasteiger partial charge in [-0.05, 0) is 65.3 Å². The van der Waals surface area contributed by atoms with Crippen molar-refractivity contribution in [3.05, 3.63) is 91.0 Å². The maximum Gasteiger partial charge on any atom is 0.329 e. The Kier molecular flexibility index (Phi) is 4.99. The van der Waals surface area contributed by atoms with Crippen LogP contribution in [0.3, 0.4) is 0 Å². The maximum absolute atomic E-state index is 6.67. The molecule has 34 heavy (non-hydrogen) atoms. The first-order chi connectivity index (χ1) is 16.3. The van der Waals surface area contributed by atoms with Crippen molar-refractivity contribution in [2.45, 2.75) is 39.6 Å². The molecule has 1 aromatic heterocycles. The highest BCUT2D eigenvalue weighted by atomic mass is 32.1. The number of thiophene rings is 1. The van der Waals surface area contributed by atoms with Gasteiger partial charge in [-0.2, -0.15) is 0 Å². The number of rotatable bonds is 3. The summed E-state index contributed by atoms with van der Waals surface area (Å²) in [6.07, 6.45) is 1.04. The first-order valence-electron chi connectivity index (χ1n) is 12.1. The third-order valence-corrected chi connectivity index (χ3v) is 9.23. The van der Waals surface area contributed by atoms with E-state index in [2.05, 4.69) is 119 Å². The number of fused-ring (bicyclic) bond motifs is 3. The molecule has 4 aromatic carbocycles. The van der Waals surface area contributed by atoms with Gasteiger partial charge < -0.3 is 4.65 Å². The van der Waals surface area contributed by atoms with Crippen molar-refractivity contribution in [2.75, 3.05) is 0 Å². The molecule has 0 aliphatic carbocycles. The van der Waals surface area contributed by atoms with Gasteiger partial charge in [-0.3, -0.25) is 0 Å². The molecule has 1 saturated heterocycles. The fraction of sp³-hybridized carbons (Fsp3) is 0.226. The van der Waals surface area contributed by atoms with Crippen molar-refractivity contribution < 1.29 is 4.65 Å². The smallest absolute Gasteiger partial charge is 0.329 e. The lowest BCUT2D eigenvalue weighted by Gasteiger charge is -2.34. The zero-order valence-electron chi connectivity index (χ0n) is 20.3. The Balaban J connectivity index is 1.62. The average Bonchev–Trinajstić information content (AvgIpc) is 3.32. The molecule has 3 heteroatoms. The van der Waals surface area contributed by atoms with E-state index in [0.717, 1.165) is 6.32 Å². The monoisotopic (exact) mass is 460 g/mol. The summed E-state index contributed by atoms with van der Waals surface area (Å²) in [7, 11) is 0. The van der Waals surface area contributed by atoms with Crippen molar-refractivity contribution in [2.24, 2.45) is 5.41 Å². The van der Waals surface area contributed by atoms with Crippen LogP contribution in [-0.4, -0.2) is 12.5 Å². The summed E-state index contributed by atoms with van der Waals surface area (Å²) in [6.45, 7) is 9.25. The molecule has 0 amide bonds. The molecule has 0 radical (unpaired) electrons. The molecule has 1 aliphatic heterocycles. The van der Waals surface area contributed by atoms with Crippen LogP contribution in [0.5, 0.6) is 0 Å². The van der Waals surface area contributed by atoms with Crippen molar-refractivity contribution in [1.82, 2.24) is 0 Å². The van der Waals surface area contributed by atoms with Crippen LogP contribution < -0.4 is 5.46 Å². The lowest BCUT2D eigenvalue weighted by Crippen LogP contribution is -2.36. The molecule has 168 valence electrons. The van der Waals surface area contributed by atoms with E-state index >= 15 is 0 Å². The molecule has 5 aromatic rings. The van der Waals surface area contributed by atoms with Gasteiger partial charge in [0.1, 0.15) is 0 Å². The Morgan fingerprint density at radius 3 is 2.00 bits per heavy atom. The zero-order chi connectivity index (χ0) is 23.5. The lowest BCUT2D eigenvalue weighted by molar-refractivity contribution is 0.0376. The van der Waals surface area contributed by atoms with E-state index in [9.17, 15) is 0 Å². The molecule has 1 aliphatic rings. The molecule has 0 spiro atoms. The van der Waals surface area contributed by atoms with Crippen LogP contribution in [0.15, 0.2) is 91.0 Å². The highest BCUT2D eigenvalue weighted by Crippen LogP contribution is 2.47. The van der Waals surface area contributed by atoms with Gasteiger partial charge in [0.25, 0.3) is 0 Å². The molecule has 1 fully saturated rings. The van der Waals surface area contributed by atoms with Crippen LogP contribution in [0.4, 0.5) is 0 Å². The third kappa shape index (κ3) is 3.42. The first-order valence-corrected chi connectivity index (χ1v) is 12.9. The van der Waals surface area contributed by atoms with Crippen LogP contribution in [-0.2, 0) is 4.65 Å². The molecule has 0 saturated carbocycles. The fourth-order valence-corrected chi connectivity index (χ4v) is 6.62. The normalized spacial score (nSPS) is 17.0. The molecule has 1 nitrogen and oxygen atoms in total. The van der Waals surface area contributed by atoms with Crippen LogP contribution in [0.25, 0.3) is 42.4 Å². The molecular weight excluding hydrogens is 431 g/mol. The highest BCUT2D eigenvalue weighted by molar-refractivity contribution is 7.27. The minimum Gasteiger partial charge on any atom is -0.425 e. The van der Waals surface area contributed by atoms with E-state index < -0.39 is 0 Å². The Labute approximate surface area is 206 Å². The third-order valence-electron chi connectivity index (χ3n) is 7.93. The summed E-state index contributed by atoms with van der Waals surface area (Å²) in [4.78, 5) is 0. The van der Waals surface area contributed by atoms with Gasteiger partial charge in [0, 0.05) is 20.3 Å². The van der Waals surface area contributed by atoms with Crippen molar-refractivity contribution in [3.8, 4) is 22.3 Å². The summed E-state index contributed by atoms with van der Waals surface area (Å²) in [5, 5.41) is 2.66. The minimum atomic E-state index is -0.147. The second-order valence-electron chi connectivity index (χ2n) is 10.7. The predicted octanol–water partition coefficient (Wildman–Crippen LogP) is 8.42. The quantitative estimate of drug-likeness (QED) is 0.246. The summed E-state index contributed by atoms with van der Waals surface area (Å²) in [6, 6.07) is 33.0. The Morgan fingerprint density at radius 2 is 1.35 bits per heavy atom. The van der Waals surface area contributed by atoms with Crippen LogP contribution in [0.1, 0.15) is 27.7 Å².